The molecule has 20 heavy (non-hydrogen) atoms. The van der Waals surface area contributed by atoms with Crippen molar-refractivity contribution < 1.29 is 14.4 Å². The Labute approximate surface area is 119 Å². The molecule has 0 aliphatic carbocycles. The Hall–Kier alpha value is -1.36. The minimum absolute atomic E-state index is 0.510. The summed E-state index contributed by atoms with van der Waals surface area (Å²) in [7, 11) is 0. The minimum atomic E-state index is -0.628. The number of aliphatic carboxylic acids is 1. The largest absolute Gasteiger partial charge is 0.481 e. The number of hydrogen-bond acceptors (Lipinski definition) is 4. The van der Waals surface area contributed by atoms with Crippen molar-refractivity contribution in [3.05, 3.63) is 17.0 Å². The van der Waals surface area contributed by atoms with Crippen molar-refractivity contribution in [2.75, 3.05) is 13.1 Å². The fourth-order valence-corrected chi connectivity index (χ4v) is 3.14. The summed E-state index contributed by atoms with van der Waals surface area (Å²) in [6.45, 7) is 8.41. The van der Waals surface area contributed by atoms with E-state index in [1.54, 1.807) is 0 Å². The average Bonchev–Trinajstić information content (AvgIpc) is 2.73. The van der Waals surface area contributed by atoms with Gasteiger partial charge in [0, 0.05) is 12.1 Å². The molecule has 1 saturated heterocycles. The number of hydrogen-bond donors (Lipinski definition) is 1. The maximum Gasteiger partial charge on any atom is 0.309 e. The maximum atomic E-state index is 11.6. The third kappa shape index (κ3) is 2.87. The zero-order valence-corrected chi connectivity index (χ0v) is 12.6. The van der Waals surface area contributed by atoms with Crippen LogP contribution in [0.25, 0.3) is 0 Å². The molecule has 1 fully saturated rings. The van der Waals surface area contributed by atoms with Crippen LogP contribution in [0.1, 0.15) is 49.6 Å². The molecule has 1 N–H and O–H groups in total. The summed E-state index contributed by atoms with van der Waals surface area (Å²) in [5.41, 5.74) is 1.57. The molecule has 0 unspecified atom stereocenters. The number of nitrogens with zero attached hydrogens (tertiary/aromatic N) is 2. The van der Waals surface area contributed by atoms with Gasteiger partial charge in [0.25, 0.3) is 0 Å². The Morgan fingerprint density at radius 1 is 1.40 bits per heavy atom. The molecule has 0 bridgehead atoms. The summed E-state index contributed by atoms with van der Waals surface area (Å²) < 4.78 is 5.18. The van der Waals surface area contributed by atoms with E-state index in [9.17, 15) is 9.90 Å². The lowest BCUT2D eigenvalue weighted by Gasteiger charge is -2.38. The van der Waals surface area contributed by atoms with Gasteiger partial charge < -0.3 is 9.63 Å². The van der Waals surface area contributed by atoms with Gasteiger partial charge in [0.15, 0.2) is 0 Å². The quantitative estimate of drug-likeness (QED) is 0.898. The van der Waals surface area contributed by atoms with E-state index >= 15 is 0 Å². The second-order valence-electron chi connectivity index (χ2n) is 5.91. The molecule has 0 radical (unpaired) electrons. The predicted molar refractivity (Wildman–Crippen MR) is 75.5 cm³/mol. The Bertz CT molecular complexity index is 454. The van der Waals surface area contributed by atoms with E-state index in [0.717, 1.165) is 62.3 Å². The highest BCUT2D eigenvalue weighted by Crippen LogP contribution is 2.37. The molecule has 112 valence electrons. The Kier molecular flexibility index (Phi) is 4.48. The second kappa shape index (κ2) is 5.95. The monoisotopic (exact) mass is 280 g/mol. The maximum absolute atomic E-state index is 11.6. The van der Waals surface area contributed by atoms with Crippen LogP contribution in [0.2, 0.25) is 0 Å². The van der Waals surface area contributed by atoms with Crippen molar-refractivity contribution in [1.29, 1.82) is 0 Å². The number of likely N-dealkylation sites (tertiary alicyclic amines) is 1. The normalized spacial score (nSPS) is 19.1. The standard InChI is InChI=1S/C15H24N2O3/c1-4-5-15(14(18)19)6-8-17(9-7-15)10-13-11(2)16-20-12(13)3/h4-10H2,1-3H3,(H,18,19). The fraction of sp³-hybridized carbons (Fsp3) is 0.733. The van der Waals surface area contributed by atoms with E-state index in [4.69, 9.17) is 4.52 Å². The van der Waals surface area contributed by atoms with Crippen LogP contribution in [0.15, 0.2) is 4.52 Å². The van der Waals surface area contributed by atoms with Crippen molar-refractivity contribution in [2.24, 2.45) is 5.41 Å². The first-order valence-corrected chi connectivity index (χ1v) is 7.36. The summed E-state index contributed by atoms with van der Waals surface area (Å²) >= 11 is 0. The van der Waals surface area contributed by atoms with Crippen LogP contribution in [0.3, 0.4) is 0 Å². The number of carboxylic acid groups (broad SMARTS) is 1. The minimum Gasteiger partial charge on any atom is -0.481 e. The van der Waals surface area contributed by atoms with Gasteiger partial charge in [-0.1, -0.05) is 18.5 Å². The van der Waals surface area contributed by atoms with Crippen LogP contribution in [0.5, 0.6) is 0 Å². The summed E-state index contributed by atoms with van der Waals surface area (Å²) in [6.07, 6.45) is 3.18. The average molecular weight is 280 g/mol. The molecule has 2 heterocycles. The lowest BCUT2D eigenvalue weighted by molar-refractivity contribution is -0.152. The fourth-order valence-electron chi connectivity index (χ4n) is 3.14. The van der Waals surface area contributed by atoms with Crippen LogP contribution in [0.4, 0.5) is 0 Å². The van der Waals surface area contributed by atoms with Gasteiger partial charge in [0.1, 0.15) is 5.76 Å². The SMILES string of the molecule is CCCC1(C(=O)O)CCN(Cc2c(C)noc2C)CC1. The molecule has 0 aromatic carbocycles. The van der Waals surface area contributed by atoms with Crippen molar-refractivity contribution in [1.82, 2.24) is 10.1 Å². The van der Waals surface area contributed by atoms with E-state index in [1.807, 2.05) is 13.8 Å². The van der Waals surface area contributed by atoms with E-state index < -0.39 is 11.4 Å². The summed E-state index contributed by atoms with van der Waals surface area (Å²) in [6, 6.07) is 0. The third-order valence-electron chi connectivity index (χ3n) is 4.56. The van der Waals surface area contributed by atoms with Gasteiger partial charge in [0.05, 0.1) is 11.1 Å². The first-order valence-electron chi connectivity index (χ1n) is 7.36. The number of carbonyl (C=O) groups is 1. The molecule has 1 aliphatic rings. The molecule has 0 spiro atoms. The third-order valence-corrected chi connectivity index (χ3v) is 4.56. The Morgan fingerprint density at radius 2 is 2.05 bits per heavy atom. The highest BCUT2D eigenvalue weighted by Gasteiger charge is 2.40. The smallest absolute Gasteiger partial charge is 0.309 e. The molecular formula is C15H24N2O3. The molecular weight excluding hydrogens is 256 g/mol. The number of aryl methyl sites for hydroxylation is 2. The number of carboxylic acids is 1. The lowest BCUT2D eigenvalue weighted by atomic mass is 9.75. The van der Waals surface area contributed by atoms with E-state index in [0.29, 0.717) is 0 Å². The number of piperidine rings is 1. The highest BCUT2D eigenvalue weighted by atomic mass is 16.5. The summed E-state index contributed by atoms with van der Waals surface area (Å²) in [5, 5.41) is 13.5. The number of aromatic nitrogens is 1. The zero-order valence-electron chi connectivity index (χ0n) is 12.6. The van der Waals surface area contributed by atoms with Crippen molar-refractivity contribution in [3.63, 3.8) is 0 Å². The van der Waals surface area contributed by atoms with Gasteiger partial charge >= 0.3 is 5.97 Å². The van der Waals surface area contributed by atoms with E-state index in [1.165, 1.54) is 0 Å². The van der Waals surface area contributed by atoms with Crippen LogP contribution in [-0.2, 0) is 11.3 Å². The molecule has 0 atom stereocenters. The van der Waals surface area contributed by atoms with Crippen LogP contribution < -0.4 is 0 Å². The number of rotatable bonds is 5. The molecule has 2 rings (SSSR count). The Balaban J connectivity index is 1.99. The van der Waals surface area contributed by atoms with Crippen LogP contribution >= 0.6 is 0 Å². The molecule has 1 aromatic heterocycles. The van der Waals surface area contributed by atoms with Crippen molar-refractivity contribution in [3.8, 4) is 0 Å². The first-order chi connectivity index (χ1) is 9.48. The molecule has 0 amide bonds. The predicted octanol–water partition coefficient (Wildman–Crippen LogP) is 2.76. The molecule has 1 aromatic rings. The molecule has 5 heteroatoms. The van der Waals surface area contributed by atoms with E-state index in [-0.39, 0.29) is 0 Å². The summed E-state index contributed by atoms with van der Waals surface area (Å²) in [5.74, 6) is 0.238. The van der Waals surface area contributed by atoms with Gasteiger partial charge in [-0.2, -0.15) is 0 Å². The van der Waals surface area contributed by atoms with Gasteiger partial charge in [-0.25, -0.2) is 0 Å². The van der Waals surface area contributed by atoms with Gasteiger partial charge in [-0.3, -0.25) is 9.69 Å². The van der Waals surface area contributed by atoms with Crippen LogP contribution in [-0.4, -0.2) is 34.2 Å². The molecule has 1 aliphatic heterocycles. The van der Waals surface area contributed by atoms with Crippen molar-refractivity contribution in [2.45, 2.75) is 53.0 Å². The van der Waals surface area contributed by atoms with E-state index in [2.05, 4.69) is 17.0 Å². The zero-order chi connectivity index (χ0) is 14.8. The second-order valence-corrected chi connectivity index (χ2v) is 5.91. The van der Waals surface area contributed by atoms with Gasteiger partial charge in [-0.15, -0.1) is 0 Å². The van der Waals surface area contributed by atoms with Gasteiger partial charge in [0.2, 0.25) is 0 Å². The van der Waals surface area contributed by atoms with Crippen molar-refractivity contribution >= 4 is 5.97 Å². The Morgan fingerprint density at radius 3 is 2.50 bits per heavy atom. The summed E-state index contributed by atoms with van der Waals surface area (Å²) in [4.78, 5) is 13.9. The molecule has 0 saturated carbocycles. The first kappa shape index (κ1) is 15.0. The highest BCUT2D eigenvalue weighted by molar-refractivity contribution is 5.74. The van der Waals surface area contributed by atoms with Gasteiger partial charge in [-0.05, 0) is 46.2 Å². The topological polar surface area (TPSA) is 66.6 Å². The molecule has 5 nitrogen and oxygen atoms in total. The lowest BCUT2D eigenvalue weighted by Crippen LogP contribution is -2.44. The van der Waals surface area contributed by atoms with Crippen LogP contribution in [0, 0.1) is 19.3 Å².